The molecule has 0 fully saturated rings. The number of nitrogens with zero attached hydrogens (tertiary/aromatic N) is 2. The summed E-state index contributed by atoms with van der Waals surface area (Å²) in [5.41, 5.74) is 17.7. The van der Waals surface area contributed by atoms with E-state index in [4.69, 9.17) is 11.0 Å². The highest BCUT2D eigenvalue weighted by molar-refractivity contribution is 6.06. The molecular weight excluding hydrogens is 669 g/mol. The van der Waals surface area contributed by atoms with Crippen molar-refractivity contribution < 1.29 is 4.42 Å². The lowest BCUT2D eigenvalue weighted by Gasteiger charge is -2.28. The summed E-state index contributed by atoms with van der Waals surface area (Å²) in [5.74, 6) is 0. The Kier molecular flexibility index (Phi) is 7.54. The van der Waals surface area contributed by atoms with Gasteiger partial charge in [-0.15, -0.1) is 0 Å². The van der Waals surface area contributed by atoms with Crippen molar-refractivity contribution in [2.24, 2.45) is 0 Å². The number of rotatable bonds is 6. The van der Waals surface area contributed by atoms with E-state index in [1.165, 1.54) is 38.9 Å². The van der Waals surface area contributed by atoms with Crippen LogP contribution in [0.15, 0.2) is 186 Å². The number of hydrogen-bond acceptors (Lipinski definition) is 2. The van der Waals surface area contributed by atoms with Crippen molar-refractivity contribution in [3.63, 3.8) is 0 Å². The molecule has 0 atom stereocenters. The number of anilines is 3. The molecule has 8 aromatic carbocycles. The Labute approximate surface area is 321 Å². The lowest BCUT2D eigenvalue weighted by Crippen LogP contribution is -2.16. The molecule has 10 rings (SSSR count). The quantitative estimate of drug-likeness (QED) is 0.161. The molecule has 3 nitrogen and oxygen atoms in total. The fourth-order valence-electron chi connectivity index (χ4n) is 8.36. The molecule has 0 N–H and O–H groups in total. The molecule has 1 aromatic heterocycles. The minimum absolute atomic E-state index is 0.181. The molecule has 0 bridgehead atoms. The largest absolute Gasteiger partial charge is 0.456 e. The van der Waals surface area contributed by atoms with Crippen molar-refractivity contribution in [1.82, 2.24) is 0 Å². The SMILES string of the molecule is [C-]#[N+]c1ccc(N(c2ccc(-c3ccc(-c4ccc5oc6ccccc6c5c4)cc3)cc2)c2ccc3c(c2)C(C)(C)c2cc(-c4ccccc4)ccc2-3)cc1. The standard InChI is InChI=1S/C52H36N2O/c1-52(2)48-32-39(34-9-5-4-6-10-34)19-28-44(48)45-29-27-43(33-49(45)52)54(42-25-21-40(53-3)22-26-42)41-23-17-36(18-24-41)35-13-15-37(16-14-35)38-20-30-51-47(31-38)46-11-7-8-12-50(46)55-51/h4-33H,1-2H3. The van der Waals surface area contributed by atoms with Crippen LogP contribution < -0.4 is 4.90 Å². The van der Waals surface area contributed by atoms with Crippen LogP contribution in [0.1, 0.15) is 25.0 Å². The van der Waals surface area contributed by atoms with Crippen molar-refractivity contribution in [1.29, 1.82) is 0 Å². The molecule has 1 aliphatic rings. The predicted octanol–water partition coefficient (Wildman–Crippen LogP) is 14.9. The Morgan fingerprint density at radius 1 is 0.436 bits per heavy atom. The maximum Gasteiger partial charge on any atom is 0.187 e. The number of benzene rings is 8. The normalized spacial score (nSPS) is 12.7. The summed E-state index contributed by atoms with van der Waals surface area (Å²) >= 11 is 0. The summed E-state index contributed by atoms with van der Waals surface area (Å²) in [4.78, 5) is 5.95. The Morgan fingerprint density at radius 3 is 1.64 bits per heavy atom. The molecule has 0 aliphatic heterocycles. The summed E-state index contributed by atoms with van der Waals surface area (Å²) in [6.07, 6.45) is 0. The zero-order valence-corrected chi connectivity index (χ0v) is 30.6. The van der Waals surface area contributed by atoms with E-state index in [-0.39, 0.29) is 5.41 Å². The monoisotopic (exact) mass is 704 g/mol. The van der Waals surface area contributed by atoms with Crippen LogP contribution in [-0.4, -0.2) is 0 Å². The van der Waals surface area contributed by atoms with E-state index in [2.05, 4.69) is 169 Å². The van der Waals surface area contributed by atoms with Gasteiger partial charge in [0.15, 0.2) is 5.69 Å². The van der Waals surface area contributed by atoms with Crippen molar-refractivity contribution >= 4 is 44.7 Å². The van der Waals surface area contributed by atoms with Gasteiger partial charge in [0, 0.05) is 33.2 Å². The van der Waals surface area contributed by atoms with E-state index in [0.29, 0.717) is 5.69 Å². The maximum absolute atomic E-state index is 7.54. The first-order chi connectivity index (χ1) is 26.9. The van der Waals surface area contributed by atoms with Gasteiger partial charge in [0.25, 0.3) is 0 Å². The summed E-state index contributed by atoms with van der Waals surface area (Å²) in [6.45, 7) is 12.2. The third kappa shape index (κ3) is 5.50. The second-order valence-electron chi connectivity index (χ2n) is 14.9. The number of para-hydroxylation sites is 1. The van der Waals surface area contributed by atoms with Crippen LogP contribution in [0.5, 0.6) is 0 Å². The maximum atomic E-state index is 7.54. The van der Waals surface area contributed by atoms with Crippen molar-refractivity contribution in [3.05, 3.63) is 205 Å². The first-order valence-corrected chi connectivity index (χ1v) is 18.7. The van der Waals surface area contributed by atoms with Crippen molar-refractivity contribution in [2.45, 2.75) is 19.3 Å². The average Bonchev–Trinajstić information content (AvgIpc) is 3.72. The Bertz CT molecular complexity index is 2930. The molecule has 0 spiro atoms. The molecular formula is C52H36N2O. The van der Waals surface area contributed by atoms with Gasteiger partial charge in [0.05, 0.1) is 6.57 Å². The summed E-state index contributed by atoms with van der Waals surface area (Å²) in [6, 6.07) is 64.5. The van der Waals surface area contributed by atoms with Gasteiger partial charge in [0.1, 0.15) is 11.2 Å². The summed E-state index contributed by atoms with van der Waals surface area (Å²) < 4.78 is 6.06. The van der Waals surface area contributed by atoms with Crippen LogP contribution in [0.3, 0.4) is 0 Å². The molecule has 3 heteroatoms. The zero-order valence-electron chi connectivity index (χ0n) is 30.6. The molecule has 0 amide bonds. The first kappa shape index (κ1) is 32.5. The first-order valence-electron chi connectivity index (χ1n) is 18.7. The van der Waals surface area contributed by atoms with E-state index in [1.54, 1.807) is 0 Å². The highest BCUT2D eigenvalue weighted by Crippen LogP contribution is 2.51. The van der Waals surface area contributed by atoms with E-state index in [9.17, 15) is 0 Å². The molecule has 0 unspecified atom stereocenters. The van der Waals surface area contributed by atoms with E-state index in [0.717, 1.165) is 55.7 Å². The van der Waals surface area contributed by atoms with Gasteiger partial charge >= 0.3 is 0 Å². The van der Waals surface area contributed by atoms with Crippen molar-refractivity contribution in [3.8, 4) is 44.5 Å². The van der Waals surface area contributed by atoms with Crippen LogP contribution in [0, 0.1) is 6.57 Å². The highest BCUT2D eigenvalue weighted by Gasteiger charge is 2.36. The van der Waals surface area contributed by atoms with Gasteiger partial charge in [-0.2, -0.15) is 0 Å². The number of hydrogen-bond donors (Lipinski definition) is 0. The molecule has 260 valence electrons. The second kappa shape index (κ2) is 12.8. The number of furan rings is 1. The number of fused-ring (bicyclic) bond motifs is 6. The lowest BCUT2D eigenvalue weighted by atomic mass is 9.81. The van der Waals surface area contributed by atoms with Crippen LogP contribution in [0.25, 0.3) is 71.3 Å². The van der Waals surface area contributed by atoms with Crippen LogP contribution in [0.4, 0.5) is 22.7 Å². The second-order valence-corrected chi connectivity index (χ2v) is 14.9. The third-order valence-corrected chi connectivity index (χ3v) is 11.3. The topological polar surface area (TPSA) is 20.7 Å². The van der Waals surface area contributed by atoms with Gasteiger partial charge in [-0.25, -0.2) is 4.85 Å². The lowest BCUT2D eigenvalue weighted by molar-refractivity contribution is 0.660. The Hall–Kier alpha value is -7.15. The van der Waals surface area contributed by atoms with E-state index in [1.807, 2.05) is 36.4 Å². The Morgan fingerprint density at radius 2 is 0.927 bits per heavy atom. The minimum atomic E-state index is -0.181. The average molecular weight is 705 g/mol. The van der Waals surface area contributed by atoms with Gasteiger partial charge in [-0.3, -0.25) is 0 Å². The third-order valence-electron chi connectivity index (χ3n) is 11.3. The van der Waals surface area contributed by atoms with Crippen LogP contribution >= 0.6 is 0 Å². The predicted molar refractivity (Wildman–Crippen MR) is 229 cm³/mol. The van der Waals surface area contributed by atoms with E-state index >= 15 is 0 Å². The summed E-state index contributed by atoms with van der Waals surface area (Å²) in [5, 5.41) is 2.27. The summed E-state index contributed by atoms with van der Waals surface area (Å²) in [7, 11) is 0. The van der Waals surface area contributed by atoms with E-state index < -0.39 is 0 Å². The van der Waals surface area contributed by atoms with Crippen molar-refractivity contribution in [2.75, 3.05) is 4.90 Å². The molecule has 1 heterocycles. The molecule has 9 aromatic rings. The van der Waals surface area contributed by atoms with Gasteiger partial charge in [-0.05, 0) is 116 Å². The molecule has 0 saturated carbocycles. The molecule has 1 aliphatic carbocycles. The molecule has 55 heavy (non-hydrogen) atoms. The fourth-order valence-corrected chi connectivity index (χ4v) is 8.36. The van der Waals surface area contributed by atoms with Gasteiger partial charge in [-0.1, -0.05) is 135 Å². The van der Waals surface area contributed by atoms with Crippen LogP contribution in [0.2, 0.25) is 0 Å². The van der Waals surface area contributed by atoms with Gasteiger partial charge < -0.3 is 9.32 Å². The molecule has 0 radical (unpaired) electrons. The smallest absolute Gasteiger partial charge is 0.187 e. The highest BCUT2D eigenvalue weighted by atomic mass is 16.3. The fraction of sp³-hybridized carbons (Fsp3) is 0.0577. The van der Waals surface area contributed by atoms with Crippen LogP contribution in [-0.2, 0) is 5.41 Å². The Balaban J connectivity index is 0.983. The minimum Gasteiger partial charge on any atom is -0.456 e. The van der Waals surface area contributed by atoms with Gasteiger partial charge in [0.2, 0.25) is 0 Å². The molecule has 0 saturated heterocycles. The zero-order chi connectivity index (χ0) is 37.1.